The van der Waals surface area contributed by atoms with E-state index in [9.17, 15) is 25.3 Å². The number of nitrogens with zero attached hydrogens (tertiary/aromatic N) is 2. The van der Waals surface area contributed by atoms with Crippen molar-refractivity contribution in [1.82, 2.24) is 15.0 Å². The molecule has 0 saturated heterocycles. The largest absolute Gasteiger partial charge is 0.342 e. The summed E-state index contributed by atoms with van der Waals surface area (Å²) < 4.78 is 73.1. The Balaban J connectivity index is 0.000000185. The fourth-order valence-corrected chi connectivity index (χ4v) is 13.4. The van der Waals surface area contributed by atoms with E-state index >= 15 is 0 Å². The van der Waals surface area contributed by atoms with E-state index in [0.717, 1.165) is 59.0 Å². The minimum Gasteiger partial charge on any atom is -0.342 e. The molecule has 0 saturated carbocycles. The smallest absolute Gasteiger partial charge is 0.192 e. The number of sulfone groups is 3. The van der Waals surface area contributed by atoms with Crippen LogP contribution in [0.3, 0.4) is 0 Å². The van der Waals surface area contributed by atoms with Gasteiger partial charge >= 0.3 is 0 Å². The topological polar surface area (TPSA) is 144 Å². The van der Waals surface area contributed by atoms with E-state index in [1.165, 1.54) is 33.0 Å². The Labute approximate surface area is 391 Å². The van der Waals surface area contributed by atoms with Crippen molar-refractivity contribution in [3.05, 3.63) is 111 Å². The van der Waals surface area contributed by atoms with Crippen molar-refractivity contribution in [1.29, 1.82) is 0 Å². The maximum atomic E-state index is 12.3. The third kappa shape index (κ3) is 13.8. The summed E-state index contributed by atoms with van der Waals surface area (Å²) in [6.07, 6.45) is 4.28. The summed E-state index contributed by atoms with van der Waals surface area (Å²) in [5.41, 5.74) is 4.15. The maximum Gasteiger partial charge on any atom is 0.192 e. The van der Waals surface area contributed by atoms with Crippen LogP contribution in [-0.4, -0.2) is 54.4 Å². The van der Waals surface area contributed by atoms with E-state index in [0.29, 0.717) is 8.42 Å². The average molecular weight is 991 g/mol. The molecule has 0 atom stereocenters. The Morgan fingerprint density at radius 3 is 1.79 bits per heavy atom. The quantitative estimate of drug-likeness (QED) is 0.179. The lowest BCUT2D eigenvalue weighted by Crippen LogP contribution is -2.27. The maximum absolute atomic E-state index is 12.3. The van der Waals surface area contributed by atoms with Gasteiger partial charge in [-0.25, -0.2) is 30.2 Å². The van der Waals surface area contributed by atoms with Crippen LogP contribution in [0.15, 0.2) is 92.8 Å². The molecule has 0 aliphatic heterocycles. The molecular weight excluding hydrogens is 930 g/mol. The number of aryl methyl sites for hydroxylation is 2. The Morgan fingerprint density at radius 2 is 1.25 bits per heavy atom. The molecule has 0 unspecified atom stereocenters. The molecule has 5 heterocycles. The molecule has 0 spiro atoms. The van der Waals surface area contributed by atoms with Crippen LogP contribution in [0.1, 0.15) is 104 Å². The SMILES string of the molecule is CC(C)(C)Cc1nc2ccc(Cl)cc2[nH]1.CC(C)(C)S(=O)(=O)c1cc2ncccc2s1.Cc1ccc(/C=C/S(=O)(=O)C(C)(C)C)s1.Cc1ccc2cc(S(=O)(=O)C(C)(C)C)sc2c1. The van der Waals surface area contributed by atoms with Crippen LogP contribution in [-0.2, 0) is 35.9 Å². The second-order valence-corrected chi connectivity index (χ2v) is 31.7. The van der Waals surface area contributed by atoms with Gasteiger partial charge in [-0.2, -0.15) is 0 Å². The molecule has 16 heteroatoms. The van der Waals surface area contributed by atoms with Gasteiger partial charge in [0, 0.05) is 37.5 Å². The fourth-order valence-electron chi connectivity index (χ4n) is 5.35. The van der Waals surface area contributed by atoms with Gasteiger partial charge in [0.05, 0.1) is 35.5 Å². The minimum absolute atomic E-state index is 0.248. The van der Waals surface area contributed by atoms with Gasteiger partial charge in [-0.1, -0.05) is 44.5 Å². The summed E-state index contributed by atoms with van der Waals surface area (Å²) >= 11 is 10.1. The number of H-pyrrole nitrogens is 1. The zero-order chi connectivity index (χ0) is 47.6. The molecule has 342 valence electrons. The van der Waals surface area contributed by atoms with Gasteiger partial charge in [0.25, 0.3) is 0 Å². The van der Waals surface area contributed by atoms with Gasteiger partial charge in [0.2, 0.25) is 0 Å². The van der Waals surface area contributed by atoms with Crippen molar-refractivity contribution in [2.24, 2.45) is 5.41 Å². The highest BCUT2D eigenvalue weighted by molar-refractivity contribution is 7.96. The first-order valence-corrected chi connectivity index (χ1v) is 27.5. The third-order valence-corrected chi connectivity index (χ3v) is 20.8. The van der Waals surface area contributed by atoms with Gasteiger partial charge < -0.3 is 4.98 Å². The van der Waals surface area contributed by atoms with Gasteiger partial charge in [-0.05, 0) is 159 Å². The number of aromatic nitrogens is 3. The van der Waals surface area contributed by atoms with Crippen LogP contribution in [0.2, 0.25) is 5.02 Å². The lowest BCUT2D eigenvalue weighted by molar-refractivity contribution is 0.402. The summed E-state index contributed by atoms with van der Waals surface area (Å²) in [7, 11) is -9.65. The highest BCUT2D eigenvalue weighted by Crippen LogP contribution is 2.36. The van der Waals surface area contributed by atoms with Gasteiger partial charge in [-0.3, -0.25) is 4.98 Å². The highest BCUT2D eigenvalue weighted by Gasteiger charge is 2.33. The summed E-state index contributed by atoms with van der Waals surface area (Å²) in [5.74, 6) is 1.03. The zero-order valence-electron chi connectivity index (χ0n) is 38.5. The van der Waals surface area contributed by atoms with Crippen molar-refractivity contribution < 1.29 is 25.3 Å². The summed E-state index contributed by atoms with van der Waals surface area (Å²) in [6, 6.07) is 22.8. The van der Waals surface area contributed by atoms with Crippen LogP contribution < -0.4 is 0 Å². The number of halogens is 1. The predicted octanol–water partition coefficient (Wildman–Crippen LogP) is 13.7. The monoisotopic (exact) mass is 989 g/mol. The number of aromatic amines is 1. The van der Waals surface area contributed by atoms with Crippen molar-refractivity contribution in [3.63, 3.8) is 0 Å². The molecular formula is C47H60ClN3O6S6. The van der Waals surface area contributed by atoms with Crippen molar-refractivity contribution in [2.45, 2.75) is 126 Å². The van der Waals surface area contributed by atoms with Crippen LogP contribution in [0.4, 0.5) is 0 Å². The number of fused-ring (bicyclic) bond motifs is 3. The number of rotatable bonds is 5. The van der Waals surface area contributed by atoms with Crippen LogP contribution >= 0.6 is 45.6 Å². The van der Waals surface area contributed by atoms with Crippen molar-refractivity contribution in [3.8, 4) is 0 Å². The molecule has 7 aromatic rings. The van der Waals surface area contributed by atoms with E-state index in [-0.39, 0.29) is 5.41 Å². The lowest BCUT2D eigenvalue weighted by Gasteiger charge is -2.17. The van der Waals surface area contributed by atoms with Gasteiger partial charge in [0.15, 0.2) is 29.5 Å². The molecule has 63 heavy (non-hydrogen) atoms. The number of hydrogen-bond acceptors (Lipinski definition) is 11. The normalized spacial score (nSPS) is 13.1. The number of nitrogens with one attached hydrogen (secondary N) is 1. The molecule has 7 rings (SSSR count). The van der Waals surface area contributed by atoms with Crippen molar-refractivity contribution >= 4 is 113 Å². The number of hydrogen-bond donors (Lipinski definition) is 1. The minimum atomic E-state index is -3.26. The second kappa shape index (κ2) is 19.6. The van der Waals surface area contributed by atoms with Crippen LogP contribution in [0.5, 0.6) is 0 Å². The van der Waals surface area contributed by atoms with E-state index in [1.807, 2.05) is 74.5 Å². The number of thiophene rings is 3. The molecule has 9 nitrogen and oxygen atoms in total. The number of benzene rings is 2. The molecule has 2 aromatic carbocycles. The first-order valence-electron chi connectivity index (χ1n) is 20.2. The standard InChI is InChI=1S/C13H16O2S2.C12H15ClN2.C11H13NO2S2.C11H16O2S2/c1-9-5-6-10-8-12(16-11(10)7-9)17(14,15)13(2,3)4;1-12(2,3)7-11-14-9-5-4-8(13)6-10(9)15-11;1-11(2,3)16(13,14)10-7-8-9(15-10)5-4-6-12-8;1-9-5-6-10(14-9)7-8-15(12,13)11(2,3)4/h5-8H,1-4H3;4-6H,7H2,1-3H3,(H,14,15);4-7H,1-3H3;5-8H,1-4H3/b;;;8-7+. The van der Waals surface area contributed by atoms with Gasteiger partial charge in [0.1, 0.15) is 14.2 Å². The molecule has 5 aromatic heterocycles. The average Bonchev–Trinajstić information content (AvgIpc) is 3.95. The molecule has 1 N–H and O–H groups in total. The molecule has 0 fully saturated rings. The number of pyridine rings is 1. The van der Waals surface area contributed by atoms with E-state index in [1.54, 1.807) is 98.1 Å². The summed E-state index contributed by atoms with van der Waals surface area (Å²) in [4.78, 5) is 14.1. The first-order chi connectivity index (χ1) is 28.7. The first kappa shape index (κ1) is 52.2. The Kier molecular flexibility index (Phi) is 16.2. The molecule has 0 aliphatic rings. The van der Waals surface area contributed by atoms with E-state index in [2.05, 4.69) is 35.7 Å². The fraction of sp³-hybridized carbons (Fsp3) is 0.404. The molecule has 0 amide bonds. The predicted molar refractivity (Wildman–Crippen MR) is 271 cm³/mol. The molecule has 0 radical (unpaired) electrons. The van der Waals surface area contributed by atoms with Crippen molar-refractivity contribution in [2.75, 3.05) is 0 Å². The van der Waals surface area contributed by atoms with Crippen LogP contribution in [0, 0.1) is 19.3 Å². The van der Waals surface area contributed by atoms with Crippen LogP contribution in [0.25, 0.3) is 37.4 Å². The van der Waals surface area contributed by atoms with Gasteiger partial charge in [-0.15, -0.1) is 34.0 Å². The highest BCUT2D eigenvalue weighted by atomic mass is 35.5. The Hall–Kier alpha value is -3.44. The van der Waals surface area contributed by atoms with E-state index < -0.39 is 43.8 Å². The molecule has 0 bridgehead atoms. The summed E-state index contributed by atoms with van der Waals surface area (Å²) in [6.45, 7) is 26.0. The zero-order valence-corrected chi connectivity index (χ0v) is 44.2. The second-order valence-electron chi connectivity index (χ2n) is 19.3. The lowest BCUT2D eigenvalue weighted by atomic mass is 9.92. The Morgan fingerprint density at radius 1 is 0.651 bits per heavy atom. The molecule has 0 aliphatic carbocycles. The summed E-state index contributed by atoms with van der Waals surface area (Å²) in [5, 5.41) is 3.05. The Bertz CT molecular complexity index is 3020. The third-order valence-electron chi connectivity index (χ3n) is 9.28. The number of imidazole rings is 1. The van der Waals surface area contributed by atoms with E-state index in [4.69, 9.17) is 11.6 Å².